The van der Waals surface area contributed by atoms with Crippen LogP contribution in [-0.4, -0.2) is 27.2 Å². The zero-order valence-corrected chi connectivity index (χ0v) is 17.0. The van der Waals surface area contributed by atoms with Gasteiger partial charge in [-0.25, -0.2) is 4.68 Å². The molecule has 148 valence electrons. The van der Waals surface area contributed by atoms with Crippen molar-refractivity contribution in [2.45, 2.75) is 9.79 Å². The summed E-state index contributed by atoms with van der Waals surface area (Å²) in [5, 5.41) is 8.34. The Labute approximate surface area is 179 Å². The molecule has 0 fully saturated rings. The smallest absolute Gasteiger partial charge is 0.252 e. The molecule has 0 aliphatic carbocycles. The topological polar surface area (TPSA) is 59.8 Å². The molecule has 0 bridgehead atoms. The molecule has 0 spiro atoms. The zero-order chi connectivity index (χ0) is 20.8. The van der Waals surface area contributed by atoms with Gasteiger partial charge in [0, 0.05) is 34.1 Å². The van der Waals surface area contributed by atoms with Gasteiger partial charge < -0.3 is 5.32 Å². The molecular formula is C24H20N4OS. The molecule has 0 atom stereocenters. The quantitative estimate of drug-likeness (QED) is 0.428. The number of pyridine rings is 1. The maximum absolute atomic E-state index is 12.5. The van der Waals surface area contributed by atoms with E-state index in [1.807, 2.05) is 77.8 Å². The Balaban J connectivity index is 1.61. The summed E-state index contributed by atoms with van der Waals surface area (Å²) in [7, 11) is 0. The summed E-state index contributed by atoms with van der Waals surface area (Å²) in [5.41, 5.74) is 2.50. The van der Waals surface area contributed by atoms with Gasteiger partial charge in [0.05, 0.1) is 23.0 Å². The van der Waals surface area contributed by atoms with Gasteiger partial charge in [-0.3, -0.25) is 9.78 Å². The van der Waals surface area contributed by atoms with Gasteiger partial charge in [0.25, 0.3) is 5.91 Å². The van der Waals surface area contributed by atoms with E-state index in [1.165, 1.54) is 0 Å². The third-order valence-electron chi connectivity index (χ3n) is 4.41. The standard InChI is InChI=1S/C24H20N4OS/c1-2-13-26-24(29)21-8-3-4-9-23(21)30-20-11-10-18-17-27-28(22(18)16-20)15-12-19-7-5-6-14-25-19/h2-12,14-17H,1,13H2,(H,26,29). The molecule has 0 radical (unpaired) electrons. The van der Waals surface area contributed by atoms with E-state index in [0.717, 1.165) is 26.4 Å². The summed E-state index contributed by atoms with van der Waals surface area (Å²) in [6.07, 6.45) is 9.09. The van der Waals surface area contributed by atoms with Crippen LogP contribution in [0, 0.1) is 0 Å². The number of hydrogen-bond donors (Lipinski definition) is 1. The number of amides is 1. The molecule has 30 heavy (non-hydrogen) atoms. The fraction of sp³-hybridized carbons (Fsp3) is 0.0417. The van der Waals surface area contributed by atoms with Crippen molar-refractivity contribution in [3.8, 4) is 0 Å². The minimum absolute atomic E-state index is 0.109. The van der Waals surface area contributed by atoms with Gasteiger partial charge in [0.15, 0.2) is 0 Å². The number of fused-ring (bicyclic) bond motifs is 1. The first kappa shape index (κ1) is 19.7. The Bertz CT molecular complexity index is 1210. The zero-order valence-electron chi connectivity index (χ0n) is 16.2. The predicted octanol–water partition coefficient (Wildman–Crippen LogP) is 5.13. The highest BCUT2D eigenvalue weighted by Crippen LogP contribution is 2.32. The van der Waals surface area contributed by atoms with Gasteiger partial charge in [-0.2, -0.15) is 5.10 Å². The third kappa shape index (κ3) is 4.50. The van der Waals surface area contributed by atoms with Crippen molar-refractivity contribution in [1.29, 1.82) is 0 Å². The second-order valence-electron chi connectivity index (χ2n) is 6.48. The minimum Gasteiger partial charge on any atom is -0.349 e. The van der Waals surface area contributed by atoms with Crippen LogP contribution in [0.5, 0.6) is 0 Å². The van der Waals surface area contributed by atoms with Crippen LogP contribution in [0.15, 0.2) is 95.5 Å². The summed E-state index contributed by atoms with van der Waals surface area (Å²) in [4.78, 5) is 18.7. The molecule has 0 saturated carbocycles. The van der Waals surface area contributed by atoms with Gasteiger partial charge in [-0.05, 0) is 42.5 Å². The Hall–Kier alpha value is -3.64. The molecule has 1 N–H and O–H groups in total. The molecule has 0 aliphatic heterocycles. The molecule has 4 rings (SSSR count). The van der Waals surface area contributed by atoms with Gasteiger partial charge in [-0.15, -0.1) is 6.58 Å². The molecule has 2 aromatic heterocycles. The molecule has 5 nitrogen and oxygen atoms in total. The Morgan fingerprint density at radius 2 is 2.00 bits per heavy atom. The molecule has 0 aliphatic rings. The first-order valence-corrected chi connectivity index (χ1v) is 10.3. The predicted molar refractivity (Wildman–Crippen MR) is 122 cm³/mol. The fourth-order valence-corrected chi connectivity index (χ4v) is 3.93. The highest BCUT2D eigenvalue weighted by molar-refractivity contribution is 7.99. The van der Waals surface area contributed by atoms with Gasteiger partial charge >= 0.3 is 0 Å². The molecule has 2 aromatic carbocycles. The minimum atomic E-state index is -0.109. The third-order valence-corrected chi connectivity index (χ3v) is 5.48. The Morgan fingerprint density at radius 1 is 1.13 bits per heavy atom. The lowest BCUT2D eigenvalue weighted by atomic mass is 10.2. The van der Waals surface area contributed by atoms with Crippen LogP contribution in [0.25, 0.3) is 23.2 Å². The van der Waals surface area contributed by atoms with E-state index < -0.39 is 0 Å². The number of nitrogens with one attached hydrogen (secondary N) is 1. The van der Waals surface area contributed by atoms with E-state index in [1.54, 1.807) is 24.0 Å². The molecule has 2 heterocycles. The van der Waals surface area contributed by atoms with Gasteiger partial charge in [0.2, 0.25) is 0 Å². The SMILES string of the molecule is C=CCNC(=O)c1ccccc1Sc1ccc2cnn(C=Cc3ccccn3)c2c1. The van der Waals surface area contributed by atoms with E-state index in [2.05, 4.69) is 28.0 Å². The number of carbonyl (C=O) groups is 1. The fourth-order valence-electron chi connectivity index (χ4n) is 2.95. The van der Waals surface area contributed by atoms with Crippen LogP contribution >= 0.6 is 11.8 Å². The first-order valence-electron chi connectivity index (χ1n) is 9.47. The maximum atomic E-state index is 12.5. The van der Waals surface area contributed by atoms with E-state index in [9.17, 15) is 4.79 Å². The maximum Gasteiger partial charge on any atom is 0.252 e. The number of rotatable bonds is 7. The molecule has 1 amide bonds. The lowest BCUT2D eigenvalue weighted by Crippen LogP contribution is -2.23. The number of benzene rings is 2. The van der Waals surface area contributed by atoms with Crippen LogP contribution in [0.3, 0.4) is 0 Å². The van der Waals surface area contributed by atoms with Crippen molar-refractivity contribution in [2.75, 3.05) is 6.54 Å². The summed E-state index contributed by atoms with van der Waals surface area (Å²) in [6, 6.07) is 19.5. The Kier molecular flexibility index (Phi) is 6.06. The van der Waals surface area contributed by atoms with Crippen LogP contribution in [0.1, 0.15) is 16.1 Å². The van der Waals surface area contributed by atoms with Crippen LogP contribution in [-0.2, 0) is 0 Å². The summed E-state index contributed by atoms with van der Waals surface area (Å²) in [5.74, 6) is -0.109. The normalized spacial score (nSPS) is 11.1. The van der Waals surface area contributed by atoms with Gasteiger partial charge in [-0.1, -0.05) is 42.1 Å². The molecule has 0 saturated heterocycles. The lowest BCUT2D eigenvalue weighted by Gasteiger charge is -2.09. The highest BCUT2D eigenvalue weighted by Gasteiger charge is 2.12. The molecule has 0 unspecified atom stereocenters. The number of nitrogens with zero attached hydrogens (tertiary/aromatic N) is 3. The summed E-state index contributed by atoms with van der Waals surface area (Å²) >= 11 is 1.55. The number of carbonyl (C=O) groups excluding carboxylic acids is 1. The van der Waals surface area contributed by atoms with Crippen molar-refractivity contribution in [3.63, 3.8) is 0 Å². The van der Waals surface area contributed by atoms with Crippen LogP contribution in [0.4, 0.5) is 0 Å². The Morgan fingerprint density at radius 3 is 2.83 bits per heavy atom. The van der Waals surface area contributed by atoms with E-state index in [4.69, 9.17) is 0 Å². The largest absolute Gasteiger partial charge is 0.349 e. The van der Waals surface area contributed by atoms with Crippen molar-refractivity contribution in [3.05, 3.63) is 97.0 Å². The summed E-state index contributed by atoms with van der Waals surface area (Å²) < 4.78 is 1.83. The van der Waals surface area contributed by atoms with Crippen molar-refractivity contribution in [1.82, 2.24) is 20.1 Å². The van der Waals surface area contributed by atoms with Crippen molar-refractivity contribution >= 4 is 40.8 Å². The van der Waals surface area contributed by atoms with E-state index in [-0.39, 0.29) is 5.91 Å². The number of aromatic nitrogens is 3. The van der Waals surface area contributed by atoms with Crippen molar-refractivity contribution < 1.29 is 4.79 Å². The monoisotopic (exact) mass is 412 g/mol. The number of hydrogen-bond acceptors (Lipinski definition) is 4. The second kappa shape index (κ2) is 9.24. The lowest BCUT2D eigenvalue weighted by molar-refractivity contribution is 0.0955. The van der Waals surface area contributed by atoms with E-state index >= 15 is 0 Å². The highest BCUT2D eigenvalue weighted by atomic mass is 32.2. The molecular weight excluding hydrogens is 392 g/mol. The van der Waals surface area contributed by atoms with Crippen LogP contribution < -0.4 is 5.32 Å². The van der Waals surface area contributed by atoms with Gasteiger partial charge in [0.1, 0.15) is 0 Å². The molecule has 6 heteroatoms. The van der Waals surface area contributed by atoms with Crippen LogP contribution in [0.2, 0.25) is 0 Å². The average molecular weight is 413 g/mol. The molecule has 4 aromatic rings. The summed E-state index contributed by atoms with van der Waals surface area (Å²) in [6.45, 7) is 4.08. The second-order valence-corrected chi connectivity index (χ2v) is 7.59. The van der Waals surface area contributed by atoms with Crippen molar-refractivity contribution in [2.24, 2.45) is 0 Å². The van der Waals surface area contributed by atoms with E-state index in [0.29, 0.717) is 12.1 Å². The average Bonchev–Trinajstić information content (AvgIpc) is 3.19. The first-order chi connectivity index (χ1) is 14.7.